The van der Waals surface area contributed by atoms with E-state index in [9.17, 15) is 9.18 Å². The quantitative estimate of drug-likeness (QED) is 0.754. The number of nitrogens with two attached hydrogens (primary N) is 1. The maximum atomic E-state index is 13.3. The van der Waals surface area contributed by atoms with Gasteiger partial charge < -0.3 is 10.5 Å². The average molecular weight is 211 g/mol. The van der Waals surface area contributed by atoms with Crippen molar-refractivity contribution in [3.63, 3.8) is 0 Å². The molecule has 0 aliphatic heterocycles. The van der Waals surface area contributed by atoms with Crippen molar-refractivity contribution in [2.75, 3.05) is 7.11 Å². The van der Waals surface area contributed by atoms with Crippen molar-refractivity contribution in [3.05, 3.63) is 35.1 Å². The summed E-state index contributed by atoms with van der Waals surface area (Å²) in [6.45, 7) is 3.13. The summed E-state index contributed by atoms with van der Waals surface area (Å²) in [7, 11) is 1.25. The highest BCUT2D eigenvalue weighted by Gasteiger charge is 2.32. The summed E-state index contributed by atoms with van der Waals surface area (Å²) in [6.07, 6.45) is 0. The SMILES string of the molecule is COC(=O)C(C)(N)c1ccc(C)c(F)c1. The van der Waals surface area contributed by atoms with Gasteiger partial charge in [0.15, 0.2) is 0 Å². The maximum absolute atomic E-state index is 13.3. The van der Waals surface area contributed by atoms with Crippen LogP contribution in [0.5, 0.6) is 0 Å². The molecule has 2 N–H and O–H groups in total. The zero-order chi connectivity index (χ0) is 11.6. The molecule has 0 radical (unpaired) electrons. The smallest absolute Gasteiger partial charge is 0.330 e. The van der Waals surface area contributed by atoms with Crippen LogP contribution in [0, 0.1) is 12.7 Å². The molecule has 1 aromatic rings. The Morgan fingerprint density at radius 1 is 1.53 bits per heavy atom. The number of carbonyl (C=O) groups is 1. The number of ether oxygens (including phenoxy) is 1. The molecule has 0 bridgehead atoms. The van der Waals surface area contributed by atoms with Gasteiger partial charge in [-0.2, -0.15) is 0 Å². The Balaban J connectivity index is 3.16. The number of rotatable bonds is 2. The van der Waals surface area contributed by atoms with E-state index in [2.05, 4.69) is 4.74 Å². The molecule has 0 aliphatic rings. The topological polar surface area (TPSA) is 52.3 Å². The second-order valence-corrected chi connectivity index (χ2v) is 3.66. The van der Waals surface area contributed by atoms with Gasteiger partial charge in [0.1, 0.15) is 11.4 Å². The molecular weight excluding hydrogens is 197 g/mol. The molecule has 4 heteroatoms. The molecule has 1 aromatic carbocycles. The minimum atomic E-state index is -1.32. The third-order valence-corrected chi connectivity index (χ3v) is 2.38. The molecule has 0 heterocycles. The molecule has 1 rings (SSSR count). The van der Waals surface area contributed by atoms with Crippen LogP contribution in [0.25, 0.3) is 0 Å². The van der Waals surface area contributed by atoms with E-state index < -0.39 is 11.5 Å². The van der Waals surface area contributed by atoms with E-state index in [1.807, 2.05) is 0 Å². The van der Waals surface area contributed by atoms with Gasteiger partial charge in [0.2, 0.25) is 0 Å². The van der Waals surface area contributed by atoms with E-state index in [0.29, 0.717) is 11.1 Å². The molecule has 0 saturated carbocycles. The largest absolute Gasteiger partial charge is 0.467 e. The van der Waals surface area contributed by atoms with Crippen molar-refractivity contribution in [1.29, 1.82) is 0 Å². The molecule has 0 fully saturated rings. The molecule has 82 valence electrons. The van der Waals surface area contributed by atoms with Crippen LogP contribution in [-0.2, 0) is 15.1 Å². The third kappa shape index (κ3) is 2.15. The number of benzene rings is 1. The lowest BCUT2D eigenvalue weighted by molar-refractivity contribution is -0.146. The predicted octanol–water partition coefficient (Wildman–Crippen LogP) is 1.48. The monoisotopic (exact) mass is 211 g/mol. The average Bonchev–Trinajstić information content (AvgIpc) is 2.20. The molecule has 0 aliphatic carbocycles. The van der Waals surface area contributed by atoms with Crippen molar-refractivity contribution in [2.24, 2.45) is 5.73 Å². The van der Waals surface area contributed by atoms with E-state index in [0.717, 1.165) is 0 Å². The van der Waals surface area contributed by atoms with Crippen molar-refractivity contribution >= 4 is 5.97 Å². The maximum Gasteiger partial charge on any atom is 0.330 e. The summed E-state index contributed by atoms with van der Waals surface area (Å²) in [4.78, 5) is 11.4. The fraction of sp³-hybridized carbons (Fsp3) is 0.364. The van der Waals surface area contributed by atoms with Crippen LogP contribution in [0.4, 0.5) is 4.39 Å². The third-order valence-electron chi connectivity index (χ3n) is 2.38. The summed E-state index contributed by atoms with van der Waals surface area (Å²) in [6, 6.07) is 4.46. The highest BCUT2D eigenvalue weighted by molar-refractivity contribution is 5.81. The first-order valence-electron chi connectivity index (χ1n) is 4.53. The van der Waals surface area contributed by atoms with Gasteiger partial charge in [-0.05, 0) is 31.0 Å². The molecule has 1 unspecified atom stereocenters. The number of aryl methyl sites for hydroxylation is 1. The van der Waals surface area contributed by atoms with Gasteiger partial charge in [-0.15, -0.1) is 0 Å². The molecule has 0 amide bonds. The summed E-state index contributed by atoms with van der Waals surface area (Å²) in [5, 5.41) is 0. The summed E-state index contributed by atoms with van der Waals surface area (Å²) in [5.74, 6) is -0.973. The van der Waals surface area contributed by atoms with E-state index in [-0.39, 0.29) is 5.82 Å². The second kappa shape index (κ2) is 3.98. The van der Waals surface area contributed by atoms with Gasteiger partial charge in [-0.3, -0.25) is 0 Å². The Morgan fingerprint density at radius 3 is 2.60 bits per heavy atom. The van der Waals surface area contributed by atoms with Gasteiger partial charge in [0.05, 0.1) is 7.11 Å². The van der Waals surface area contributed by atoms with Crippen molar-refractivity contribution < 1.29 is 13.9 Å². The fourth-order valence-electron chi connectivity index (χ4n) is 1.25. The number of carbonyl (C=O) groups excluding carboxylic acids is 1. The van der Waals surface area contributed by atoms with Crippen LogP contribution < -0.4 is 5.73 Å². The van der Waals surface area contributed by atoms with Crippen molar-refractivity contribution in [2.45, 2.75) is 19.4 Å². The van der Waals surface area contributed by atoms with Gasteiger partial charge in [-0.1, -0.05) is 12.1 Å². The normalized spacial score (nSPS) is 14.5. The van der Waals surface area contributed by atoms with Crippen LogP contribution in [0.1, 0.15) is 18.1 Å². The van der Waals surface area contributed by atoms with Crippen LogP contribution in [0.2, 0.25) is 0 Å². The molecule has 1 atom stereocenters. The fourth-order valence-corrected chi connectivity index (χ4v) is 1.25. The minimum absolute atomic E-state index is 0.381. The van der Waals surface area contributed by atoms with E-state index in [4.69, 9.17) is 5.73 Å². The number of hydrogen-bond donors (Lipinski definition) is 1. The van der Waals surface area contributed by atoms with Crippen molar-refractivity contribution in [1.82, 2.24) is 0 Å². The number of halogens is 1. The van der Waals surface area contributed by atoms with E-state index in [1.54, 1.807) is 19.1 Å². The molecule has 0 aromatic heterocycles. The molecule has 0 spiro atoms. The van der Waals surface area contributed by atoms with Gasteiger partial charge in [-0.25, -0.2) is 9.18 Å². The highest BCUT2D eigenvalue weighted by atomic mass is 19.1. The van der Waals surface area contributed by atoms with Crippen LogP contribution in [0.15, 0.2) is 18.2 Å². The van der Waals surface area contributed by atoms with E-state index in [1.165, 1.54) is 20.1 Å². The number of methoxy groups -OCH3 is 1. The molecule has 15 heavy (non-hydrogen) atoms. The summed E-state index contributed by atoms with van der Waals surface area (Å²) >= 11 is 0. The first-order valence-corrected chi connectivity index (χ1v) is 4.53. The Morgan fingerprint density at radius 2 is 2.13 bits per heavy atom. The lowest BCUT2D eigenvalue weighted by Crippen LogP contribution is -2.42. The highest BCUT2D eigenvalue weighted by Crippen LogP contribution is 2.21. The lowest BCUT2D eigenvalue weighted by Gasteiger charge is -2.22. The zero-order valence-corrected chi connectivity index (χ0v) is 9.00. The van der Waals surface area contributed by atoms with Crippen molar-refractivity contribution in [3.8, 4) is 0 Å². The van der Waals surface area contributed by atoms with Crippen LogP contribution in [-0.4, -0.2) is 13.1 Å². The lowest BCUT2D eigenvalue weighted by atomic mass is 9.92. The predicted molar refractivity (Wildman–Crippen MR) is 54.7 cm³/mol. The second-order valence-electron chi connectivity index (χ2n) is 3.66. The number of esters is 1. The van der Waals surface area contributed by atoms with Gasteiger partial charge in [0, 0.05) is 0 Å². The summed E-state index contributed by atoms with van der Waals surface area (Å²) < 4.78 is 17.8. The van der Waals surface area contributed by atoms with Crippen LogP contribution in [0.3, 0.4) is 0 Å². The zero-order valence-electron chi connectivity index (χ0n) is 9.00. The Labute approximate surface area is 88.0 Å². The minimum Gasteiger partial charge on any atom is -0.467 e. The Kier molecular flexibility index (Phi) is 3.09. The van der Waals surface area contributed by atoms with E-state index >= 15 is 0 Å². The number of hydrogen-bond acceptors (Lipinski definition) is 3. The first-order chi connectivity index (χ1) is 6.89. The summed E-state index contributed by atoms with van der Waals surface area (Å²) in [5.41, 5.74) is 5.37. The first kappa shape index (κ1) is 11.7. The standard InChI is InChI=1S/C11H14FNO2/c1-7-4-5-8(6-9(7)12)11(2,13)10(14)15-3/h4-6H,13H2,1-3H3. The molecule has 3 nitrogen and oxygen atoms in total. The Bertz CT molecular complexity index is 388. The van der Waals surface area contributed by atoms with Gasteiger partial charge in [0.25, 0.3) is 0 Å². The van der Waals surface area contributed by atoms with Gasteiger partial charge >= 0.3 is 5.97 Å². The Hall–Kier alpha value is -1.42. The van der Waals surface area contributed by atoms with Crippen LogP contribution >= 0.6 is 0 Å². The molecule has 0 saturated heterocycles. The molecular formula is C11H14FNO2.